The van der Waals surface area contributed by atoms with Crippen LogP contribution < -0.4 is 0 Å². The highest BCUT2D eigenvalue weighted by molar-refractivity contribution is 7.16. The van der Waals surface area contributed by atoms with Crippen LogP contribution in [0.2, 0.25) is 5.02 Å². The SMILES string of the molecule is Clc1ccc(/C=C/CN2CCC(c3cccc4scnc34)CC2)cc1. The van der Waals surface area contributed by atoms with Gasteiger partial charge in [-0.3, -0.25) is 4.90 Å². The third-order valence-electron chi connectivity index (χ3n) is 4.96. The molecule has 4 heteroatoms. The third-order valence-corrected chi connectivity index (χ3v) is 6.01. The van der Waals surface area contributed by atoms with Crippen LogP contribution >= 0.6 is 22.9 Å². The van der Waals surface area contributed by atoms with Crippen LogP contribution in [0.5, 0.6) is 0 Å². The van der Waals surface area contributed by atoms with Gasteiger partial charge in [0.25, 0.3) is 0 Å². The Morgan fingerprint density at radius 3 is 2.72 bits per heavy atom. The minimum Gasteiger partial charge on any atom is -0.300 e. The standard InChI is InChI=1S/C21H21ClN2S/c22-18-8-6-16(7-9-18)3-2-12-24-13-10-17(11-14-24)19-4-1-5-20-21(19)23-15-25-20/h1-9,15,17H,10-14H2/b3-2+. The highest BCUT2D eigenvalue weighted by Gasteiger charge is 2.22. The quantitative estimate of drug-likeness (QED) is 0.574. The van der Waals surface area contributed by atoms with Crippen LogP contribution in [-0.2, 0) is 0 Å². The number of nitrogens with zero attached hydrogens (tertiary/aromatic N) is 2. The first kappa shape index (κ1) is 16.8. The number of aromatic nitrogens is 1. The van der Waals surface area contributed by atoms with Gasteiger partial charge in [0.05, 0.1) is 15.7 Å². The summed E-state index contributed by atoms with van der Waals surface area (Å²) >= 11 is 7.66. The zero-order chi connectivity index (χ0) is 17.1. The molecule has 0 radical (unpaired) electrons. The van der Waals surface area contributed by atoms with E-state index in [4.69, 9.17) is 11.6 Å². The predicted octanol–water partition coefficient (Wildman–Crippen LogP) is 5.84. The van der Waals surface area contributed by atoms with Crippen molar-refractivity contribution in [2.75, 3.05) is 19.6 Å². The van der Waals surface area contributed by atoms with Gasteiger partial charge in [0.1, 0.15) is 0 Å². The van der Waals surface area contributed by atoms with Crippen LogP contribution in [0.15, 0.2) is 54.1 Å². The normalized spacial score (nSPS) is 16.8. The second-order valence-corrected chi connectivity index (χ2v) is 7.90. The number of para-hydroxylation sites is 1. The molecular formula is C21H21ClN2S. The van der Waals surface area contributed by atoms with Gasteiger partial charge in [-0.15, -0.1) is 11.3 Å². The molecule has 0 atom stereocenters. The van der Waals surface area contributed by atoms with E-state index in [-0.39, 0.29) is 0 Å². The average molecular weight is 369 g/mol. The fraction of sp³-hybridized carbons (Fsp3) is 0.286. The van der Waals surface area contributed by atoms with E-state index in [1.165, 1.54) is 34.2 Å². The molecule has 0 spiro atoms. The van der Waals surface area contributed by atoms with E-state index >= 15 is 0 Å². The van der Waals surface area contributed by atoms with E-state index in [1.807, 2.05) is 17.6 Å². The summed E-state index contributed by atoms with van der Waals surface area (Å²) < 4.78 is 1.31. The third kappa shape index (κ3) is 3.95. The summed E-state index contributed by atoms with van der Waals surface area (Å²) in [5.74, 6) is 0.641. The van der Waals surface area contributed by atoms with Crippen molar-refractivity contribution in [3.8, 4) is 0 Å². The smallest absolute Gasteiger partial charge is 0.0846 e. The Labute approximate surface area is 157 Å². The zero-order valence-corrected chi connectivity index (χ0v) is 15.6. The van der Waals surface area contributed by atoms with Crippen molar-refractivity contribution in [1.82, 2.24) is 9.88 Å². The maximum atomic E-state index is 5.92. The van der Waals surface area contributed by atoms with Crippen LogP contribution in [0.4, 0.5) is 0 Å². The van der Waals surface area contributed by atoms with Crippen LogP contribution in [0.3, 0.4) is 0 Å². The summed E-state index contributed by atoms with van der Waals surface area (Å²) in [7, 11) is 0. The fourth-order valence-electron chi connectivity index (χ4n) is 3.58. The Bertz CT molecular complexity index is 861. The van der Waals surface area contributed by atoms with Gasteiger partial charge in [-0.05, 0) is 61.2 Å². The molecule has 1 aliphatic heterocycles. The highest BCUT2D eigenvalue weighted by Crippen LogP contribution is 2.33. The van der Waals surface area contributed by atoms with Gasteiger partial charge in [0, 0.05) is 11.6 Å². The molecule has 128 valence electrons. The highest BCUT2D eigenvalue weighted by atomic mass is 35.5. The van der Waals surface area contributed by atoms with Gasteiger partial charge < -0.3 is 0 Å². The molecule has 1 fully saturated rings. The lowest BCUT2D eigenvalue weighted by atomic mass is 9.89. The van der Waals surface area contributed by atoms with Crippen molar-refractivity contribution in [1.29, 1.82) is 0 Å². The number of hydrogen-bond acceptors (Lipinski definition) is 3. The van der Waals surface area contributed by atoms with Crippen molar-refractivity contribution < 1.29 is 0 Å². The van der Waals surface area contributed by atoms with E-state index in [0.717, 1.165) is 24.7 Å². The molecule has 2 nitrogen and oxygen atoms in total. The number of rotatable bonds is 4. The van der Waals surface area contributed by atoms with Crippen molar-refractivity contribution in [3.05, 3.63) is 70.2 Å². The summed E-state index contributed by atoms with van der Waals surface area (Å²) in [6, 6.07) is 14.6. The molecular weight excluding hydrogens is 348 g/mol. The lowest BCUT2D eigenvalue weighted by molar-refractivity contribution is 0.233. The number of fused-ring (bicyclic) bond motifs is 1. The van der Waals surface area contributed by atoms with Gasteiger partial charge in [0.2, 0.25) is 0 Å². The van der Waals surface area contributed by atoms with Crippen molar-refractivity contribution in [2.45, 2.75) is 18.8 Å². The van der Waals surface area contributed by atoms with Crippen molar-refractivity contribution >= 4 is 39.2 Å². The second-order valence-electron chi connectivity index (χ2n) is 6.58. The Morgan fingerprint density at radius 2 is 1.92 bits per heavy atom. The number of halogens is 1. The second kappa shape index (κ2) is 7.69. The zero-order valence-electron chi connectivity index (χ0n) is 14.1. The Kier molecular flexibility index (Phi) is 5.16. The molecule has 0 saturated carbocycles. The summed E-state index contributed by atoms with van der Waals surface area (Å²) in [6.07, 6.45) is 6.86. The van der Waals surface area contributed by atoms with E-state index < -0.39 is 0 Å². The van der Waals surface area contributed by atoms with Crippen LogP contribution in [0, 0.1) is 0 Å². The maximum absolute atomic E-state index is 5.92. The molecule has 1 saturated heterocycles. The summed E-state index contributed by atoms with van der Waals surface area (Å²) in [6.45, 7) is 3.31. The number of benzene rings is 2. The Balaban J connectivity index is 1.34. The molecule has 0 aliphatic carbocycles. The summed E-state index contributed by atoms with van der Waals surface area (Å²) in [4.78, 5) is 7.12. The average Bonchev–Trinajstić information content (AvgIpc) is 3.13. The van der Waals surface area contributed by atoms with E-state index in [9.17, 15) is 0 Å². The van der Waals surface area contributed by atoms with Gasteiger partial charge in [0.15, 0.2) is 0 Å². The van der Waals surface area contributed by atoms with Gasteiger partial charge in [-0.1, -0.05) is 48.0 Å². The molecule has 1 aromatic heterocycles. The summed E-state index contributed by atoms with van der Waals surface area (Å²) in [5, 5.41) is 0.786. The Hall–Kier alpha value is -1.68. The molecule has 0 N–H and O–H groups in total. The van der Waals surface area contributed by atoms with Crippen LogP contribution in [0.1, 0.15) is 29.9 Å². The monoisotopic (exact) mass is 368 g/mol. The predicted molar refractivity (Wildman–Crippen MR) is 109 cm³/mol. The van der Waals surface area contributed by atoms with E-state index in [0.29, 0.717) is 5.92 Å². The van der Waals surface area contributed by atoms with Crippen molar-refractivity contribution in [3.63, 3.8) is 0 Å². The first-order valence-electron chi connectivity index (χ1n) is 8.76. The molecule has 1 aliphatic rings. The first-order valence-corrected chi connectivity index (χ1v) is 10.0. The number of hydrogen-bond donors (Lipinski definition) is 0. The lowest BCUT2D eigenvalue weighted by Crippen LogP contribution is -2.33. The molecule has 0 bridgehead atoms. The topological polar surface area (TPSA) is 16.1 Å². The largest absolute Gasteiger partial charge is 0.300 e. The van der Waals surface area contributed by atoms with Crippen molar-refractivity contribution in [2.24, 2.45) is 0 Å². The number of likely N-dealkylation sites (tertiary alicyclic amines) is 1. The minimum atomic E-state index is 0.641. The molecule has 2 heterocycles. The summed E-state index contributed by atoms with van der Waals surface area (Å²) in [5.41, 5.74) is 5.82. The molecule has 0 unspecified atom stereocenters. The van der Waals surface area contributed by atoms with Gasteiger partial charge in [-0.2, -0.15) is 0 Å². The lowest BCUT2D eigenvalue weighted by Gasteiger charge is -2.31. The van der Waals surface area contributed by atoms with Gasteiger partial charge >= 0.3 is 0 Å². The number of piperidine rings is 1. The molecule has 25 heavy (non-hydrogen) atoms. The Morgan fingerprint density at radius 1 is 1.12 bits per heavy atom. The maximum Gasteiger partial charge on any atom is 0.0846 e. The van der Waals surface area contributed by atoms with E-state index in [1.54, 1.807) is 11.3 Å². The van der Waals surface area contributed by atoms with E-state index in [2.05, 4.69) is 52.4 Å². The number of thiazole rings is 1. The molecule has 2 aromatic carbocycles. The first-order chi connectivity index (χ1) is 12.3. The fourth-order valence-corrected chi connectivity index (χ4v) is 4.41. The molecule has 3 aromatic rings. The molecule has 4 rings (SSSR count). The van der Waals surface area contributed by atoms with Gasteiger partial charge in [-0.25, -0.2) is 4.98 Å². The minimum absolute atomic E-state index is 0.641. The molecule has 0 amide bonds. The van der Waals surface area contributed by atoms with Crippen LogP contribution in [0.25, 0.3) is 16.3 Å². The van der Waals surface area contributed by atoms with Crippen LogP contribution in [-0.4, -0.2) is 29.5 Å².